The number of carbonyl (C=O) groups is 2. The number of furan rings is 1. The van der Waals surface area contributed by atoms with Gasteiger partial charge in [-0.25, -0.2) is 0 Å². The van der Waals surface area contributed by atoms with Crippen molar-refractivity contribution in [3.63, 3.8) is 0 Å². The molecule has 2 amide bonds. The Bertz CT molecular complexity index is 1400. The Morgan fingerprint density at radius 1 is 1.08 bits per heavy atom. The van der Waals surface area contributed by atoms with Crippen molar-refractivity contribution in [2.45, 2.75) is 52.7 Å². The molecule has 10 heteroatoms. The highest BCUT2D eigenvalue weighted by molar-refractivity contribution is 6.01. The number of anilines is 1. The highest BCUT2D eigenvalue weighted by atomic mass is 16.3. The van der Waals surface area contributed by atoms with Crippen molar-refractivity contribution in [3.05, 3.63) is 77.6 Å². The van der Waals surface area contributed by atoms with Crippen LogP contribution in [0.25, 0.3) is 11.6 Å². The van der Waals surface area contributed by atoms with Gasteiger partial charge in [0.1, 0.15) is 24.1 Å². The lowest BCUT2D eigenvalue weighted by molar-refractivity contribution is -0.128. The van der Waals surface area contributed by atoms with Gasteiger partial charge in [-0.1, -0.05) is 35.9 Å². The number of phenols is 1. The van der Waals surface area contributed by atoms with Crippen LogP contribution >= 0.6 is 0 Å². The minimum Gasteiger partial charge on any atom is -0.508 e. The summed E-state index contributed by atoms with van der Waals surface area (Å²) in [5.74, 6) is 0.492. The van der Waals surface area contributed by atoms with Crippen molar-refractivity contribution in [2.24, 2.45) is 0 Å². The predicted molar refractivity (Wildman–Crippen MR) is 138 cm³/mol. The number of nitrogens with zero attached hydrogens (tertiary/aromatic N) is 5. The lowest BCUT2D eigenvalue weighted by atomic mass is 9.99. The molecular formula is C27H30N6O4. The van der Waals surface area contributed by atoms with E-state index in [1.165, 1.54) is 17.0 Å². The largest absolute Gasteiger partial charge is 0.508 e. The second kappa shape index (κ2) is 10.3. The van der Waals surface area contributed by atoms with Crippen LogP contribution in [0.4, 0.5) is 5.69 Å². The fraction of sp³-hybridized carbons (Fsp3) is 0.296. The zero-order valence-electron chi connectivity index (χ0n) is 21.5. The summed E-state index contributed by atoms with van der Waals surface area (Å²) in [5.41, 5.74) is 1.43. The maximum absolute atomic E-state index is 13.8. The molecule has 10 nitrogen and oxygen atoms in total. The summed E-state index contributed by atoms with van der Waals surface area (Å²) in [7, 11) is 0. The normalized spacial score (nSPS) is 12.2. The van der Waals surface area contributed by atoms with Crippen LogP contribution in [-0.4, -0.2) is 42.7 Å². The van der Waals surface area contributed by atoms with Crippen LogP contribution in [0.5, 0.6) is 5.75 Å². The number of amides is 2. The molecule has 0 bridgehead atoms. The van der Waals surface area contributed by atoms with E-state index in [-0.39, 0.29) is 24.0 Å². The van der Waals surface area contributed by atoms with Gasteiger partial charge in [0.15, 0.2) is 5.76 Å². The molecular weight excluding hydrogens is 472 g/mol. The van der Waals surface area contributed by atoms with Gasteiger partial charge in [-0.3, -0.25) is 14.5 Å². The van der Waals surface area contributed by atoms with Crippen molar-refractivity contribution in [2.75, 3.05) is 4.90 Å². The van der Waals surface area contributed by atoms with Crippen molar-refractivity contribution < 1.29 is 19.1 Å². The van der Waals surface area contributed by atoms with Gasteiger partial charge in [0, 0.05) is 17.3 Å². The number of aromatic nitrogens is 4. The molecule has 2 aromatic heterocycles. The van der Waals surface area contributed by atoms with Gasteiger partial charge in [-0.05, 0) is 69.7 Å². The summed E-state index contributed by atoms with van der Waals surface area (Å²) in [5, 5.41) is 25.4. The average molecular weight is 503 g/mol. The number of phenolic OH excluding ortho intramolecular Hbond substituents is 1. The third-order valence-electron chi connectivity index (χ3n) is 5.46. The van der Waals surface area contributed by atoms with Crippen LogP contribution in [0.1, 0.15) is 43.7 Å². The van der Waals surface area contributed by atoms with Crippen LogP contribution in [0.15, 0.2) is 65.1 Å². The molecule has 0 radical (unpaired) electrons. The molecule has 2 N–H and O–H groups in total. The van der Waals surface area contributed by atoms with Gasteiger partial charge in [0.2, 0.25) is 11.7 Å². The SMILES string of the molecule is Cc1ccc(C(C(=O)NC(C)(C)C)N(C(=O)Cn2nnc(-c3ccc(C)o3)n2)c2cccc(O)c2)cc1. The Morgan fingerprint density at radius 3 is 2.43 bits per heavy atom. The Morgan fingerprint density at radius 2 is 1.81 bits per heavy atom. The standard InChI is InChI=1S/C27H30N6O4/c1-17-9-12-19(13-10-17)24(26(36)28-27(3,4)5)33(20-7-6-8-21(34)15-20)23(35)16-32-30-25(29-31-32)22-14-11-18(2)37-22/h6-15,24,34H,16H2,1-5H3,(H,28,36). The number of aromatic hydroxyl groups is 1. The smallest absolute Gasteiger partial charge is 0.251 e. The van der Waals surface area contributed by atoms with E-state index in [9.17, 15) is 14.7 Å². The van der Waals surface area contributed by atoms with Gasteiger partial charge in [0.05, 0.1) is 0 Å². The molecule has 0 fully saturated rings. The molecule has 1 unspecified atom stereocenters. The Labute approximate surface area is 214 Å². The van der Waals surface area contributed by atoms with Crippen LogP contribution in [0.2, 0.25) is 0 Å². The highest BCUT2D eigenvalue weighted by Crippen LogP contribution is 2.31. The molecule has 1 atom stereocenters. The van der Waals surface area contributed by atoms with E-state index in [4.69, 9.17) is 4.42 Å². The lowest BCUT2D eigenvalue weighted by Gasteiger charge is -2.33. The summed E-state index contributed by atoms with van der Waals surface area (Å²) in [4.78, 5) is 30.0. The summed E-state index contributed by atoms with van der Waals surface area (Å²) >= 11 is 0. The number of tetrazole rings is 1. The van der Waals surface area contributed by atoms with Gasteiger partial charge in [-0.15, -0.1) is 10.2 Å². The van der Waals surface area contributed by atoms with Gasteiger partial charge in [0.25, 0.3) is 5.91 Å². The summed E-state index contributed by atoms with van der Waals surface area (Å²) in [6.07, 6.45) is 0. The first kappa shape index (κ1) is 25.6. The molecule has 4 aromatic rings. The van der Waals surface area contributed by atoms with Gasteiger partial charge < -0.3 is 14.8 Å². The predicted octanol–water partition coefficient (Wildman–Crippen LogP) is 3.94. The van der Waals surface area contributed by atoms with Gasteiger partial charge >= 0.3 is 0 Å². The van der Waals surface area contributed by atoms with Gasteiger partial charge in [-0.2, -0.15) is 4.80 Å². The molecule has 0 aliphatic rings. The van der Waals surface area contributed by atoms with Crippen molar-refractivity contribution in [1.29, 1.82) is 0 Å². The number of hydrogen-bond acceptors (Lipinski definition) is 7. The summed E-state index contributed by atoms with van der Waals surface area (Å²) < 4.78 is 5.55. The lowest BCUT2D eigenvalue weighted by Crippen LogP contribution is -2.50. The van der Waals surface area contributed by atoms with Crippen LogP contribution in [0.3, 0.4) is 0 Å². The minimum absolute atomic E-state index is 0.0384. The molecule has 0 saturated carbocycles. The van der Waals surface area contributed by atoms with E-state index >= 15 is 0 Å². The second-order valence-electron chi connectivity index (χ2n) is 9.89. The minimum atomic E-state index is -1.02. The monoisotopic (exact) mass is 502 g/mol. The number of benzene rings is 2. The zero-order chi connectivity index (χ0) is 26.7. The third kappa shape index (κ3) is 6.21. The number of hydrogen-bond donors (Lipinski definition) is 2. The van der Waals surface area contributed by atoms with E-state index in [1.54, 1.807) is 31.2 Å². The van der Waals surface area contributed by atoms with E-state index < -0.39 is 17.5 Å². The highest BCUT2D eigenvalue weighted by Gasteiger charge is 2.35. The third-order valence-corrected chi connectivity index (χ3v) is 5.46. The number of aryl methyl sites for hydroxylation is 2. The first-order valence-electron chi connectivity index (χ1n) is 11.8. The molecule has 0 aliphatic carbocycles. The van der Waals surface area contributed by atoms with Crippen molar-refractivity contribution >= 4 is 17.5 Å². The summed E-state index contributed by atoms with van der Waals surface area (Å²) in [6, 6.07) is 16.1. The van der Waals surface area contributed by atoms with Crippen LogP contribution < -0.4 is 10.2 Å². The topological polar surface area (TPSA) is 126 Å². The van der Waals surface area contributed by atoms with Crippen molar-refractivity contribution in [1.82, 2.24) is 25.5 Å². The Hall–Kier alpha value is -4.47. The number of carbonyl (C=O) groups excluding carboxylic acids is 2. The molecule has 0 saturated heterocycles. The zero-order valence-corrected chi connectivity index (χ0v) is 21.5. The molecule has 2 heterocycles. The quantitative estimate of drug-likeness (QED) is 0.392. The average Bonchev–Trinajstić information content (AvgIpc) is 3.45. The van der Waals surface area contributed by atoms with Crippen molar-refractivity contribution in [3.8, 4) is 17.3 Å². The summed E-state index contributed by atoms with van der Waals surface area (Å²) in [6.45, 7) is 9.06. The van der Waals surface area contributed by atoms with Crippen LogP contribution in [-0.2, 0) is 16.1 Å². The first-order chi connectivity index (χ1) is 17.5. The van der Waals surface area contributed by atoms with E-state index in [1.807, 2.05) is 52.0 Å². The molecule has 4 rings (SSSR count). The Balaban J connectivity index is 1.75. The number of nitrogens with one attached hydrogen (secondary N) is 1. The van der Waals surface area contributed by atoms with Crippen LogP contribution in [0, 0.1) is 13.8 Å². The maximum Gasteiger partial charge on any atom is 0.251 e. The second-order valence-corrected chi connectivity index (χ2v) is 9.89. The Kier molecular flexibility index (Phi) is 7.10. The first-order valence-corrected chi connectivity index (χ1v) is 11.8. The molecule has 0 spiro atoms. The fourth-order valence-electron chi connectivity index (χ4n) is 3.85. The molecule has 192 valence electrons. The fourth-order valence-corrected chi connectivity index (χ4v) is 3.85. The van der Waals surface area contributed by atoms with E-state index in [0.717, 1.165) is 10.4 Å². The maximum atomic E-state index is 13.8. The van der Waals surface area contributed by atoms with E-state index in [0.29, 0.717) is 22.8 Å². The molecule has 37 heavy (non-hydrogen) atoms. The number of rotatable bonds is 7. The molecule has 2 aromatic carbocycles. The van der Waals surface area contributed by atoms with E-state index in [2.05, 4.69) is 20.7 Å². The molecule has 0 aliphatic heterocycles.